The first kappa shape index (κ1) is 17.7. The van der Waals surface area contributed by atoms with E-state index in [0.29, 0.717) is 24.8 Å². The van der Waals surface area contributed by atoms with E-state index in [1.165, 1.54) is 19.5 Å². The zero-order chi connectivity index (χ0) is 17.8. The summed E-state index contributed by atoms with van der Waals surface area (Å²) >= 11 is 2.00. The van der Waals surface area contributed by atoms with Gasteiger partial charge in [-0.1, -0.05) is 6.08 Å². The number of carbonyl (C=O) groups excluding carboxylic acids is 1. The molecule has 0 spiro atoms. The smallest absolute Gasteiger partial charge is 0.320 e. The van der Waals surface area contributed by atoms with E-state index in [0.717, 1.165) is 42.5 Å². The van der Waals surface area contributed by atoms with Crippen LogP contribution in [0.15, 0.2) is 23.6 Å². The number of piperidine rings is 1. The van der Waals surface area contributed by atoms with E-state index in [9.17, 15) is 4.79 Å². The number of carbonyl (C=O) groups is 1. The van der Waals surface area contributed by atoms with Crippen LogP contribution in [0.5, 0.6) is 5.88 Å². The monoisotopic (exact) mass is 374 g/mol. The molecule has 0 aromatic carbocycles. The summed E-state index contributed by atoms with van der Waals surface area (Å²) in [5, 5.41) is 8.65. The van der Waals surface area contributed by atoms with Crippen LogP contribution in [0, 0.1) is 5.92 Å². The lowest BCUT2D eigenvalue weighted by Gasteiger charge is -2.34. The predicted octanol–water partition coefficient (Wildman–Crippen LogP) is 2.87. The highest BCUT2D eigenvalue weighted by atomic mass is 32.2. The number of rotatable bonds is 6. The van der Waals surface area contributed by atoms with Gasteiger partial charge >= 0.3 is 6.03 Å². The number of amides is 2. The van der Waals surface area contributed by atoms with Crippen LogP contribution in [-0.2, 0) is 6.42 Å². The molecule has 0 radical (unpaired) electrons. The molecule has 2 N–H and O–H groups in total. The van der Waals surface area contributed by atoms with E-state index in [1.54, 1.807) is 0 Å². The third-order valence-corrected chi connectivity index (χ3v) is 6.49. The molecule has 3 aliphatic rings. The fourth-order valence-electron chi connectivity index (χ4n) is 3.77. The number of thioether (sulfide) groups is 1. The van der Waals surface area contributed by atoms with E-state index < -0.39 is 0 Å². The maximum Gasteiger partial charge on any atom is 0.320 e. The van der Waals surface area contributed by atoms with Crippen molar-refractivity contribution in [3.8, 4) is 5.88 Å². The largest absolute Gasteiger partial charge is 0.478 e. The predicted molar refractivity (Wildman–Crippen MR) is 105 cm³/mol. The van der Waals surface area contributed by atoms with Crippen molar-refractivity contribution in [2.75, 3.05) is 38.1 Å². The van der Waals surface area contributed by atoms with Gasteiger partial charge < -0.3 is 15.0 Å². The molecule has 140 valence electrons. The molecule has 3 aliphatic heterocycles. The van der Waals surface area contributed by atoms with Crippen molar-refractivity contribution >= 4 is 23.6 Å². The van der Waals surface area contributed by atoms with Crippen molar-refractivity contribution in [1.82, 2.24) is 15.2 Å². The minimum absolute atomic E-state index is 0.201. The topological polar surface area (TPSA) is 66.5 Å². The third kappa shape index (κ3) is 4.32. The van der Waals surface area contributed by atoms with Gasteiger partial charge in [0.1, 0.15) is 5.82 Å². The number of pyridine rings is 1. The van der Waals surface area contributed by atoms with Crippen LogP contribution >= 0.6 is 11.8 Å². The lowest BCUT2D eigenvalue weighted by atomic mass is 9.98. The molecule has 2 amide bonds. The number of nitrogens with one attached hydrogen (secondary N) is 2. The van der Waals surface area contributed by atoms with E-state index in [2.05, 4.69) is 32.0 Å². The molecule has 1 saturated heterocycles. The van der Waals surface area contributed by atoms with Gasteiger partial charge in [0.2, 0.25) is 5.88 Å². The Labute approximate surface area is 158 Å². The summed E-state index contributed by atoms with van der Waals surface area (Å²) < 4.78 is 5.79. The van der Waals surface area contributed by atoms with Crippen LogP contribution in [0.1, 0.15) is 24.8 Å². The van der Waals surface area contributed by atoms with Gasteiger partial charge in [-0.2, -0.15) is 4.98 Å². The molecule has 4 heterocycles. The molecule has 0 bridgehead atoms. The number of aromatic nitrogens is 1. The van der Waals surface area contributed by atoms with Gasteiger partial charge in [-0.05, 0) is 55.8 Å². The Hall–Kier alpha value is -1.73. The van der Waals surface area contributed by atoms with Crippen LogP contribution in [-0.4, -0.2) is 54.0 Å². The Morgan fingerprint density at radius 3 is 3.27 bits per heavy atom. The van der Waals surface area contributed by atoms with Crippen molar-refractivity contribution < 1.29 is 9.53 Å². The fraction of sp³-hybridized carbons (Fsp3) is 0.579. The number of anilines is 1. The molecule has 7 heteroatoms. The van der Waals surface area contributed by atoms with Gasteiger partial charge in [0.15, 0.2) is 0 Å². The second kappa shape index (κ2) is 8.31. The van der Waals surface area contributed by atoms with Crippen LogP contribution in [0.3, 0.4) is 0 Å². The molecule has 2 unspecified atom stereocenters. The SMILES string of the molecule is O=C1NCCc2ccc(OCCCCN3CCC4SC=CC4C3)nc2N1. The molecule has 1 aromatic rings. The molecule has 0 aliphatic carbocycles. The van der Waals surface area contributed by atoms with Gasteiger partial charge in [0, 0.05) is 30.3 Å². The maximum absolute atomic E-state index is 11.6. The minimum atomic E-state index is -0.201. The van der Waals surface area contributed by atoms with E-state index >= 15 is 0 Å². The highest BCUT2D eigenvalue weighted by Gasteiger charge is 2.29. The molecule has 2 atom stereocenters. The normalized spacial score (nSPS) is 25.0. The van der Waals surface area contributed by atoms with Gasteiger partial charge in [-0.25, -0.2) is 4.79 Å². The molecule has 1 fully saturated rings. The fourth-order valence-corrected chi connectivity index (χ4v) is 4.89. The quantitative estimate of drug-likeness (QED) is 0.750. The van der Waals surface area contributed by atoms with Crippen molar-refractivity contribution in [3.63, 3.8) is 0 Å². The van der Waals surface area contributed by atoms with Gasteiger partial charge in [-0.15, -0.1) is 11.8 Å². The molecular formula is C19H26N4O2S. The number of fused-ring (bicyclic) bond motifs is 2. The average molecular weight is 375 g/mol. The summed E-state index contributed by atoms with van der Waals surface area (Å²) in [4.78, 5) is 18.6. The number of hydrogen-bond acceptors (Lipinski definition) is 5. The molecule has 0 saturated carbocycles. The van der Waals surface area contributed by atoms with Crippen LogP contribution in [0.4, 0.5) is 10.6 Å². The molecule has 6 nitrogen and oxygen atoms in total. The summed E-state index contributed by atoms with van der Waals surface area (Å²) in [5.74, 6) is 1.95. The first-order valence-corrected chi connectivity index (χ1v) is 10.4. The Morgan fingerprint density at radius 1 is 1.35 bits per heavy atom. The highest BCUT2D eigenvalue weighted by molar-refractivity contribution is 8.03. The van der Waals surface area contributed by atoms with Crippen LogP contribution < -0.4 is 15.4 Å². The summed E-state index contributed by atoms with van der Waals surface area (Å²) in [6, 6.07) is 3.68. The zero-order valence-corrected chi connectivity index (χ0v) is 15.8. The van der Waals surface area contributed by atoms with Gasteiger partial charge in [0.25, 0.3) is 0 Å². The molecule has 4 rings (SSSR count). The maximum atomic E-state index is 11.6. The Balaban J connectivity index is 1.18. The molecular weight excluding hydrogens is 348 g/mol. The molecule has 26 heavy (non-hydrogen) atoms. The van der Waals surface area contributed by atoms with Gasteiger partial charge in [0.05, 0.1) is 6.61 Å². The van der Waals surface area contributed by atoms with E-state index in [-0.39, 0.29) is 6.03 Å². The number of unbranched alkanes of at least 4 members (excludes halogenated alkanes) is 1. The lowest BCUT2D eigenvalue weighted by Crippen LogP contribution is -2.40. The van der Waals surface area contributed by atoms with Crippen LogP contribution in [0.25, 0.3) is 0 Å². The number of ether oxygens (including phenoxy) is 1. The highest BCUT2D eigenvalue weighted by Crippen LogP contribution is 2.35. The zero-order valence-electron chi connectivity index (χ0n) is 14.9. The summed E-state index contributed by atoms with van der Waals surface area (Å²) in [5.41, 5.74) is 1.04. The number of nitrogens with zero attached hydrogens (tertiary/aromatic N) is 2. The van der Waals surface area contributed by atoms with Crippen LogP contribution in [0.2, 0.25) is 0 Å². The van der Waals surface area contributed by atoms with E-state index in [4.69, 9.17) is 4.74 Å². The summed E-state index contributed by atoms with van der Waals surface area (Å²) in [7, 11) is 0. The van der Waals surface area contributed by atoms with E-state index in [1.807, 2.05) is 23.9 Å². The number of urea groups is 1. The second-order valence-corrected chi connectivity index (χ2v) is 8.25. The summed E-state index contributed by atoms with van der Waals surface area (Å²) in [6.45, 7) is 4.86. The van der Waals surface area contributed by atoms with Crippen molar-refractivity contribution in [2.45, 2.75) is 30.9 Å². The minimum Gasteiger partial charge on any atom is -0.478 e. The Bertz CT molecular complexity index is 682. The van der Waals surface area contributed by atoms with Crippen molar-refractivity contribution in [3.05, 3.63) is 29.2 Å². The number of likely N-dealkylation sites (tertiary alicyclic amines) is 1. The number of hydrogen-bond donors (Lipinski definition) is 2. The first-order valence-electron chi connectivity index (χ1n) is 9.50. The third-order valence-electron chi connectivity index (χ3n) is 5.24. The Morgan fingerprint density at radius 2 is 2.31 bits per heavy atom. The first-order chi connectivity index (χ1) is 12.8. The van der Waals surface area contributed by atoms with Crippen molar-refractivity contribution in [1.29, 1.82) is 0 Å². The second-order valence-electron chi connectivity index (χ2n) is 7.10. The molecule has 1 aromatic heterocycles. The standard InChI is InChI=1S/C19H26N4O2S/c24-19-20-8-5-14-3-4-17(21-18(14)22-19)25-11-2-1-9-23-10-6-16-15(13-23)7-12-26-16/h3-4,7,12,15-16H,1-2,5-6,8-11,13H2,(H2,20,21,22,24). The lowest BCUT2D eigenvalue weighted by molar-refractivity contribution is 0.193. The Kier molecular flexibility index (Phi) is 5.65. The summed E-state index contributed by atoms with van der Waals surface area (Å²) in [6.07, 6.45) is 6.62. The van der Waals surface area contributed by atoms with Gasteiger partial charge in [-0.3, -0.25) is 5.32 Å². The average Bonchev–Trinajstić information content (AvgIpc) is 3.02. The van der Waals surface area contributed by atoms with Crippen molar-refractivity contribution in [2.24, 2.45) is 5.92 Å².